The number of furan rings is 1. The number of hydrogen-bond acceptors (Lipinski definition) is 4. The SMILES string of the molecule is C[NH+](C)CCN1C(=O)C([O-])=C(C(=O)c2cc3ccccc3o2)C1c1ccc(F)cc1. The standard InChI is InChI=1S/C23H21FN2O4/c1-25(2)11-12-26-20(14-7-9-16(24)10-8-14)19(22(28)23(26)29)21(27)18-13-15-5-3-4-6-17(15)30-18/h3-10,13,20,28H,11-12H2,1-2H3. The second kappa shape index (κ2) is 7.76. The number of hydrogen-bond donors (Lipinski definition) is 1. The van der Waals surface area contributed by atoms with Crippen LogP contribution in [0.1, 0.15) is 22.2 Å². The van der Waals surface area contributed by atoms with Crippen molar-refractivity contribution in [3.8, 4) is 0 Å². The van der Waals surface area contributed by atoms with Crippen LogP contribution in [0.15, 0.2) is 70.3 Å². The van der Waals surface area contributed by atoms with Gasteiger partial charge in [0.25, 0.3) is 0 Å². The molecular formula is C23H21FN2O4. The van der Waals surface area contributed by atoms with E-state index in [9.17, 15) is 19.1 Å². The van der Waals surface area contributed by atoms with Crippen LogP contribution >= 0.6 is 0 Å². The van der Waals surface area contributed by atoms with E-state index in [2.05, 4.69) is 0 Å². The van der Waals surface area contributed by atoms with Gasteiger partial charge in [-0.05, 0) is 35.6 Å². The molecular weight excluding hydrogens is 387 g/mol. The van der Waals surface area contributed by atoms with Gasteiger partial charge >= 0.3 is 0 Å². The first-order valence-electron chi connectivity index (χ1n) is 9.66. The molecule has 1 aliphatic heterocycles. The summed E-state index contributed by atoms with van der Waals surface area (Å²) in [6.07, 6.45) is 0. The van der Waals surface area contributed by atoms with E-state index < -0.39 is 29.3 Å². The molecule has 1 aromatic heterocycles. The number of carbonyl (C=O) groups excluding carboxylic acids is 2. The topological polar surface area (TPSA) is 78.0 Å². The Kier molecular flexibility index (Phi) is 5.13. The van der Waals surface area contributed by atoms with E-state index >= 15 is 0 Å². The van der Waals surface area contributed by atoms with Crippen molar-refractivity contribution in [1.82, 2.24) is 4.90 Å². The van der Waals surface area contributed by atoms with Gasteiger partial charge < -0.3 is 19.3 Å². The number of rotatable bonds is 6. The van der Waals surface area contributed by atoms with E-state index in [0.29, 0.717) is 17.7 Å². The second-order valence-electron chi connectivity index (χ2n) is 7.63. The zero-order valence-corrected chi connectivity index (χ0v) is 16.6. The molecule has 2 aromatic carbocycles. The molecule has 0 bridgehead atoms. The Morgan fingerprint density at radius 3 is 2.53 bits per heavy atom. The summed E-state index contributed by atoms with van der Waals surface area (Å²) in [5.74, 6) is -2.64. The molecule has 7 heteroatoms. The number of ketones is 1. The Bertz CT molecular complexity index is 1110. The lowest BCUT2D eigenvalue weighted by atomic mass is 9.95. The predicted octanol–water partition coefficient (Wildman–Crippen LogP) is 1.10. The van der Waals surface area contributed by atoms with Gasteiger partial charge in [-0.1, -0.05) is 30.3 Å². The largest absolute Gasteiger partial charge is 0.868 e. The summed E-state index contributed by atoms with van der Waals surface area (Å²) in [5.41, 5.74) is 0.854. The van der Waals surface area contributed by atoms with Crippen LogP contribution in [-0.4, -0.2) is 43.8 Å². The fourth-order valence-electron chi connectivity index (χ4n) is 3.66. The van der Waals surface area contributed by atoms with Gasteiger partial charge in [0.1, 0.15) is 11.4 Å². The maximum absolute atomic E-state index is 13.5. The van der Waals surface area contributed by atoms with Crippen LogP contribution in [-0.2, 0) is 4.79 Å². The molecule has 1 amide bonds. The molecule has 0 radical (unpaired) electrons. The number of quaternary nitrogens is 1. The molecule has 0 fully saturated rings. The highest BCUT2D eigenvalue weighted by molar-refractivity contribution is 6.15. The third-order valence-electron chi connectivity index (χ3n) is 5.22. The van der Waals surface area contributed by atoms with E-state index in [0.717, 1.165) is 10.3 Å². The van der Waals surface area contributed by atoms with Gasteiger partial charge in [-0.15, -0.1) is 0 Å². The quantitative estimate of drug-likeness (QED) is 0.620. The minimum atomic E-state index is -0.884. The van der Waals surface area contributed by atoms with Crippen LogP contribution in [0.3, 0.4) is 0 Å². The molecule has 0 saturated heterocycles. The van der Waals surface area contributed by atoms with E-state index in [1.165, 1.54) is 29.2 Å². The van der Waals surface area contributed by atoms with E-state index in [4.69, 9.17) is 4.42 Å². The van der Waals surface area contributed by atoms with Crippen molar-refractivity contribution >= 4 is 22.7 Å². The van der Waals surface area contributed by atoms with Crippen LogP contribution in [0, 0.1) is 5.82 Å². The highest BCUT2D eigenvalue weighted by atomic mass is 19.1. The molecule has 3 aromatic rings. The average molecular weight is 408 g/mol. The number of benzene rings is 2. The number of Topliss-reactive ketones (excluding diaryl/α,β-unsaturated/α-hetero) is 1. The van der Waals surface area contributed by atoms with Gasteiger partial charge in [-0.2, -0.15) is 0 Å². The molecule has 0 saturated carbocycles. The van der Waals surface area contributed by atoms with Gasteiger partial charge in [0.2, 0.25) is 11.7 Å². The van der Waals surface area contributed by atoms with Crippen LogP contribution in [0.2, 0.25) is 0 Å². The summed E-state index contributed by atoms with van der Waals surface area (Å²) < 4.78 is 19.1. The van der Waals surface area contributed by atoms with Crippen LogP contribution in [0.25, 0.3) is 11.0 Å². The summed E-state index contributed by atoms with van der Waals surface area (Å²) >= 11 is 0. The fourth-order valence-corrected chi connectivity index (χ4v) is 3.66. The third kappa shape index (κ3) is 3.48. The molecule has 1 aliphatic rings. The van der Waals surface area contributed by atoms with Crippen molar-refractivity contribution in [2.24, 2.45) is 0 Å². The molecule has 1 atom stereocenters. The van der Waals surface area contributed by atoms with Crippen molar-refractivity contribution < 1.29 is 28.4 Å². The maximum Gasteiger partial charge on any atom is 0.240 e. The number of fused-ring (bicyclic) bond motifs is 1. The fraction of sp³-hybridized carbons (Fsp3) is 0.217. The summed E-state index contributed by atoms with van der Waals surface area (Å²) in [5, 5.41) is 13.6. The Morgan fingerprint density at radius 1 is 1.17 bits per heavy atom. The van der Waals surface area contributed by atoms with E-state index in [-0.39, 0.29) is 17.9 Å². The maximum atomic E-state index is 13.5. The monoisotopic (exact) mass is 408 g/mol. The van der Waals surface area contributed by atoms with Crippen LogP contribution in [0.4, 0.5) is 4.39 Å². The molecule has 2 heterocycles. The van der Waals surface area contributed by atoms with E-state index in [1.54, 1.807) is 24.3 Å². The van der Waals surface area contributed by atoms with Crippen molar-refractivity contribution in [3.05, 3.63) is 83.1 Å². The zero-order chi connectivity index (χ0) is 21.4. The Labute approximate surface area is 172 Å². The van der Waals surface area contributed by atoms with Gasteiger partial charge in [-0.25, -0.2) is 4.39 Å². The summed E-state index contributed by atoms with van der Waals surface area (Å²) in [6.45, 7) is 0.870. The molecule has 154 valence electrons. The Balaban J connectivity index is 1.78. The smallest absolute Gasteiger partial charge is 0.240 e. The lowest BCUT2D eigenvalue weighted by molar-refractivity contribution is -0.857. The number of amides is 1. The first kappa shape index (κ1) is 19.8. The lowest BCUT2D eigenvalue weighted by Crippen LogP contribution is -3.06. The summed E-state index contributed by atoms with van der Waals surface area (Å²) in [7, 11) is 3.86. The molecule has 4 rings (SSSR count). The van der Waals surface area contributed by atoms with Gasteiger partial charge in [0, 0.05) is 11.0 Å². The second-order valence-corrected chi connectivity index (χ2v) is 7.63. The molecule has 1 unspecified atom stereocenters. The molecule has 30 heavy (non-hydrogen) atoms. The number of nitrogens with one attached hydrogen (secondary N) is 1. The predicted molar refractivity (Wildman–Crippen MR) is 106 cm³/mol. The normalized spacial score (nSPS) is 16.9. The number of halogens is 1. The van der Waals surface area contributed by atoms with Crippen molar-refractivity contribution in [3.63, 3.8) is 0 Å². The average Bonchev–Trinajstić information content (AvgIpc) is 3.26. The van der Waals surface area contributed by atoms with Crippen LogP contribution in [0.5, 0.6) is 0 Å². The van der Waals surface area contributed by atoms with Gasteiger partial charge in [0.05, 0.1) is 33.2 Å². The van der Waals surface area contributed by atoms with Crippen molar-refractivity contribution in [2.75, 3.05) is 27.2 Å². The van der Waals surface area contributed by atoms with Crippen LogP contribution < -0.4 is 10.0 Å². The number of likely N-dealkylation sites (N-methyl/N-ethyl adjacent to an activating group) is 1. The highest BCUT2D eigenvalue weighted by Crippen LogP contribution is 2.38. The first-order chi connectivity index (χ1) is 14.4. The number of nitrogens with zero attached hydrogens (tertiary/aromatic N) is 1. The molecule has 1 N–H and O–H groups in total. The Morgan fingerprint density at radius 2 is 1.87 bits per heavy atom. The molecule has 0 aliphatic carbocycles. The van der Waals surface area contributed by atoms with Crippen molar-refractivity contribution in [2.45, 2.75) is 6.04 Å². The first-order valence-corrected chi connectivity index (χ1v) is 9.66. The summed E-state index contributed by atoms with van der Waals surface area (Å²) in [4.78, 5) is 28.5. The third-order valence-corrected chi connectivity index (χ3v) is 5.22. The number of para-hydroxylation sites is 1. The minimum absolute atomic E-state index is 0.000420. The lowest BCUT2D eigenvalue weighted by Gasteiger charge is -2.27. The van der Waals surface area contributed by atoms with Gasteiger partial charge in [0.15, 0.2) is 5.76 Å². The zero-order valence-electron chi connectivity index (χ0n) is 16.6. The summed E-state index contributed by atoms with van der Waals surface area (Å²) in [6, 6.07) is 13.3. The Hall–Kier alpha value is -3.45. The number of carbonyl (C=O) groups is 2. The molecule has 0 spiro atoms. The van der Waals surface area contributed by atoms with Gasteiger partial charge in [-0.3, -0.25) is 9.59 Å². The highest BCUT2D eigenvalue weighted by Gasteiger charge is 2.40. The minimum Gasteiger partial charge on any atom is -0.868 e. The van der Waals surface area contributed by atoms with Crippen molar-refractivity contribution in [1.29, 1.82) is 0 Å². The van der Waals surface area contributed by atoms with E-state index in [1.807, 2.05) is 20.2 Å². The molecule has 6 nitrogen and oxygen atoms in total.